The van der Waals surface area contributed by atoms with Crippen LogP contribution in [0.1, 0.15) is 81.3 Å². The molecule has 1 saturated heterocycles. The molecule has 1 aromatic rings. The predicted octanol–water partition coefficient (Wildman–Crippen LogP) is 5.45. The molecule has 6 heteroatoms. The molecule has 2 saturated carbocycles. The Morgan fingerprint density at radius 3 is 2.53 bits per heavy atom. The molecule has 2 amide bonds. The molecule has 1 aromatic carbocycles. The Morgan fingerprint density at radius 1 is 1.15 bits per heavy atom. The van der Waals surface area contributed by atoms with Gasteiger partial charge in [0.2, 0.25) is 5.91 Å². The van der Waals surface area contributed by atoms with Gasteiger partial charge in [0.15, 0.2) is 0 Å². The molecule has 4 rings (SSSR count). The molecule has 0 spiro atoms. The van der Waals surface area contributed by atoms with Crippen LogP contribution < -0.4 is 5.32 Å². The molecule has 0 aromatic heterocycles. The van der Waals surface area contributed by atoms with Gasteiger partial charge >= 0.3 is 0 Å². The highest BCUT2D eigenvalue weighted by molar-refractivity contribution is 7.97. The van der Waals surface area contributed by atoms with Crippen molar-refractivity contribution in [2.24, 2.45) is 23.2 Å². The fourth-order valence-corrected chi connectivity index (χ4v) is 7.83. The van der Waals surface area contributed by atoms with Gasteiger partial charge in [-0.25, -0.2) is 4.31 Å². The largest absolute Gasteiger partial charge is 0.348 e. The zero-order valence-electron chi connectivity index (χ0n) is 21.9. The zero-order valence-corrected chi connectivity index (χ0v) is 22.8. The molecule has 2 bridgehead atoms. The van der Waals surface area contributed by atoms with Gasteiger partial charge in [-0.05, 0) is 112 Å². The summed E-state index contributed by atoms with van der Waals surface area (Å²) in [5.74, 6) is 1.76. The summed E-state index contributed by atoms with van der Waals surface area (Å²) in [5.41, 5.74) is 3.31. The molecule has 4 atom stereocenters. The number of amides is 2. The van der Waals surface area contributed by atoms with Crippen molar-refractivity contribution in [1.82, 2.24) is 14.5 Å². The van der Waals surface area contributed by atoms with Crippen LogP contribution in [0.4, 0.5) is 0 Å². The average Bonchev–Trinajstić information content (AvgIpc) is 3.39. The highest BCUT2D eigenvalue weighted by atomic mass is 32.2. The van der Waals surface area contributed by atoms with E-state index in [-0.39, 0.29) is 29.2 Å². The maximum Gasteiger partial charge on any atom is 0.251 e. The molecule has 4 unspecified atom stereocenters. The fourth-order valence-electron chi connectivity index (χ4n) is 6.60. The third kappa shape index (κ3) is 4.90. The van der Waals surface area contributed by atoms with Crippen molar-refractivity contribution >= 4 is 23.8 Å². The van der Waals surface area contributed by atoms with Crippen molar-refractivity contribution in [3.63, 3.8) is 0 Å². The highest BCUT2D eigenvalue weighted by Gasteiger charge is 2.53. The Bertz CT molecular complexity index is 926. The lowest BCUT2D eigenvalue weighted by Gasteiger charge is -2.38. The number of nitrogens with zero attached hydrogens (tertiary/aromatic N) is 2. The van der Waals surface area contributed by atoms with Gasteiger partial charge in [0.05, 0.1) is 5.92 Å². The summed E-state index contributed by atoms with van der Waals surface area (Å²) in [6.07, 6.45) is 5.81. The van der Waals surface area contributed by atoms with E-state index in [1.807, 2.05) is 11.0 Å². The predicted molar refractivity (Wildman–Crippen MR) is 140 cm³/mol. The normalized spacial score (nSPS) is 28.2. The van der Waals surface area contributed by atoms with Crippen molar-refractivity contribution in [3.8, 4) is 0 Å². The second-order valence-corrected chi connectivity index (χ2v) is 12.4. The average molecular weight is 486 g/mol. The van der Waals surface area contributed by atoms with Gasteiger partial charge < -0.3 is 10.2 Å². The second-order valence-electron chi connectivity index (χ2n) is 11.3. The van der Waals surface area contributed by atoms with E-state index < -0.39 is 0 Å². The molecule has 0 radical (unpaired) electrons. The van der Waals surface area contributed by atoms with Crippen molar-refractivity contribution in [2.45, 2.75) is 84.6 Å². The molecular formula is C28H43N3O2S. The Labute approximate surface area is 210 Å². The summed E-state index contributed by atoms with van der Waals surface area (Å²) >= 11 is 1.72. The smallest absolute Gasteiger partial charge is 0.251 e. The third-order valence-electron chi connectivity index (χ3n) is 9.00. The van der Waals surface area contributed by atoms with Crippen molar-refractivity contribution in [2.75, 3.05) is 26.2 Å². The van der Waals surface area contributed by atoms with Gasteiger partial charge in [0, 0.05) is 42.7 Å². The number of benzene rings is 1. The van der Waals surface area contributed by atoms with Crippen LogP contribution in [0.2, 0.25) is 0 Å². The number of hydrogen-bond acceptors (Lipinski definition) is 4. The number of aryl methyl sites for hydroxylation is 1. The third-order valence-corrected chi connectivity index (χ3v) is 10.2. The lowest BCUT2D eigenvalue weighted by atomic mass is 9.73. The molecule has 1 heterocycles. The van der Waals surface area contributed by atoms with Gasteiger partial charge in [0.1, 0.15) is 0 Å². The van der Waals surface area contributed by atoms with Gasteiger partial charge in [-0.1, -0.05) is 13.8 Å². The number of piperidine rings is 1. The molecular weight excluding hydrogens is 442 g/mol. The topological polar surface area (TPSA) is 52.7 Å². The zero-order chi connectivity index (χ0) is 24.6. The van der Waals surface area contributed by atoms with Crippen molar-refractivity contribution in [1.29, 1.82) is 0 Å². The first kappa shape index (κ1) is 25.6. The van der Waals surface area contributed by atoms with E-state index in [9.17, 15) is 9.59 Å². The van der Waals surface area contributed by atoms with Crippen LogP contribution >= 0.6 is 11.9 Å². The number of carbonyl (C=O) groups is 2. The first-order chi connectivity index (χ1) is 16.1. The lowest BCUT2D eigenvalue weighted by molar-refractivity contribution is -0.136. The Hall–Kier alpha value is -1.53. The molecule has 5 nitrogen and oxygen atoms in total. The van der Waals surface area contributed by atoms with E-state index >= 15 is 0 Å². The highest BCUT2D eigenvalue weighted by Crippen LogP contribution is 2.55. The minimum absolute atomic E-state index is 0.0591. The van der Waals surface area contributed by atoms with Crippen LogP contribution in [-0.4, -0.2) is 53.2 Å². The van der Waals surface area contributed by atoms with E-state index in [0.29, 0.717) is 5.92 Å². The monoisotopic (exact) mass is 485 g/mol. The summed E-state index contributed by atoms with van der Waals surface area (Å²) < 4.78 is 2.33. The molecule has 1 N–H and O–H groups in total. The van der Waals surface area contributed by atoms with Crippen molar-refractivity contribution < 1.29 is 9.59 Å². The fraction of sp³-hybridized carbons (Fsp3) is 0.714. The van der Waals surface area contributed by atoms with Gasteiger partial charge in [-0.15, -0.1) is 0 Å². The SMILES string of the molecule is CCN(CC)C(=O)C1CCCN(Sc2cc(C(=O)NC3C4CCC(C4)C3(C)C)cc(C)c2C)C1. The molecule has 2 aliphatic carbocycles. The summed E-state index contributed by atoms with van der Waals surface area (Å²) in [6, 6.07) is 4.38. The minimum atomic E-state index is 0.0591. The second kappa shape index (κ2) is 10.2. The standard InChI is InChI=1S/C28H43N3O2S/c1-7-30(8-2)27(33)21-10-9-13-31(17-21)34-24-16-22(14-18(3)19(24)4)26(32)29-25-20-11-12-23(15-20)28(25,5)6/h14,16,20-21,23,25H,7-13,15,17H2,1-6H3,(H,29,32). The summed E-state index contributed by atoms with van der Waals surface area (Å²) in [4.78, 5) is 29.4. The Morgan fingerprint density at radius 2 is 1.88 bits per heavy atom. The van der Waals surface area contributed by atoms with Crippen LogP contribution in [0.25, 0.3) is 0 Å². The molecule has 1 aliphatic heterocycles. The Kier molecular flexibility index (Phi) is 7.68. The number of carbonyl (C=O) groups excluding carboxylic acids is 2. The molecule has 188 valence electrons. The van der Waals surface area contributed by atoms with Gasteiger partial charge in [-0.2, -0.15) is 0 Å². The first-order valence-electron chi connectivity index (χ1n) is 13.3. The van der Waals surface area contributed by atoms with Crippen molar-refractivity contribution in [3.05, 3.63) is 28.8 Å². The lowest BCUT2D eigenvalue weighted by Crippen LogP contribution is -2.48. The van der Waals surface area contributed by atoms with Gasteiger partial charge in [-0.3, -0.25) is 9.59 Å². The summed E-state index contributed by atoms with van der Waals surface area (Å²) in [6.45, 7) is 16.3. The quantitative estimate of drug-likeness (QED) is 0.522. The molecule has 3 aliphatic rings. The van der Waals surface area contributed by atoms with E-state index in [1.165, 1.54) is 24.8 Å². The van der Waals surface area contributed by atoms with Crippen LogP contribution in [0.15, 0.2) is 17.0 Å². The minimum Gasteiger partial charge on any atom is -0.348 e. The van der Waals surface area contributed by atoms with Crippen LogP contribution in [0.5, 0.6) is 0 Å². The molecule has 3 fully saturated rings. The number of hydrogen-bond donors (Lipinski definition) is 1. The van der Waals surface area contributed by atoms with Gasteiger partial charge in [0.25, 0.3) is 5.91 Å². The van der Waals surface area contributed by atoms with E-state index in [4.69, 9.17) is 0 Å². The summed E-state index contributed by atoms with van der Waals surface area (Å²) in [7, 11) is 0. The number of nitrogens with one attached hydrogen (secondary N) is 1. The van der Waals surface area contributed by atoms with Crippen LogP contribution in [-0.2, 0) is 4.79 Å². The van der Waals surface area contributed by atoms with E-state index in [1.54, 1.807) is 11.9 Å². The van der Waals surface area contributed by atoms with Crippen LogP contribution in [0.3, 0.4) is 0 Å². The molecule has 34 heavy (non-hydrogen) atoms. The van der Waals surface area contributed by atoms with Crippen LogP contribution in [0, 0.1) is 37.0 Å². The number of fused-ring (bicyclic) bond motifs is 2. The number of rotatable bonds is 7. The summed E-state index contributed by atoms with van der Waals surface area (Å²) in [5, 5.41) is 3.43. The Balaban J connectivity index is 1.46. The maximum absolute atomic E-state index is 13.4. The maximum atomic E-state index is 13.4. The van der Waals surface area contributed by atoms with E-state index in [2.05, 4.69) is 57.2 Å². The first-order valence-corrected chi connectivity index (χ1v) is 14.1. The van der Waals surface area contributed by atoms with E-state index in [0.717, 1.165) is 61.0 Å².